The van der Waals surface area contributed by atoms with Crippen LogP contribution < -0.4 is 10.1 Å². The first-order chi connectivity index (χ1) is 16.0. The molecule has 0 unspecified atom stereocenters. The molecule has 1 N–H and O–H groups in total. The molecule has 2 aromatic heterocycles. The molecular weight excluding hydrogens is 462 g/mol. The van der Waals surface area contributed by atoms with Gasteiger partial charge in [0.05, 0.1) is 29.9 Å². The Balaban J connectivity index is 1.54. The third kappa shape index (κ3) is 5.05. The molecule has 4 rings (SSSR count). The summed E-state index contributed by atoms with van der Waals surface area (Å²) < 4.78 is 6.87. The Morgan fingerprint density at radius 1 is 1.15 bits per heavy atom. The van der Waals surface area contributed by atoms with Crippen molar-refractivity contribution in [1.82, 2.24) is 19.7 Å². The number of nitrogens with zero attached hydrogens (tertiary/aromatic N) is 4. The van der Waals surface area contributed by atoms with Gasteiger partial charge in [-0.05, 0) is 41.8 Å². The van der Waals surface area contributed by atoms with Crippen molar-refractivity contribution in [2.75, 3.05) is 26.0 Å². The zero-order chi connectivity index (χ0) is 23.4. The number of hydrogen-bond donors (Lipinski definition) is 1. The van der Waals surface area contributed by atoms with Crippen molar-refractivity contribution >= 4 is 40.4 Å². The van der Waals surface area contributed by atoms with Gasteiger partial charge < -0.3 is 15.0 Å². The zero-order valence-electron chi connectivity index (χ0n) is 17.9. The first-order valence-corrected chi connectivity index (χ1v) is 11.2. The standard InChI is InChI=1S/C23H20ClN5O3S/c1-28(14-20(30)25-17-13-15(24)10-11-18(17)32-2)23(31)21-26-22(19-9-6-12-33-19)29(27-21)16-7-4-3-5-8-16/h3-13H,14H2,1-2H3,(H,25,30). The highest BCUT2D eigenvalue weighted by Crippen LogP contribution is 2.28. The monoisotopic (exact) mass is 481 g/mol. The van der Waals surface area contributed by atoms with E-state index >= 15 is 0 Å². The number of halogens is 1. The lowest BCUT2D eigenvalue weighted by molar-refractivity contribution is -0.116. The van der Waals surface area contributed by atoms with Crippen LogP contribution >= 0.6 is 22.9 Å². The fourth-order valence-electron chi connectivity index (χ4n) is 3.14. The van der Waals surface area contributed by atoms with E-state index in [4.69, 9.17) is 16.3 Å². The number of nitrogens with one attached hydrogen (secondary N) is 1. The number of methoxy groups -OCH3 is 1. The lowest BCUT2D eigenvalue weighted by atomic mass is 10.3. The SMILES string of the molecule is COc1ccc(Cl)cc1NC(=O)CN(C)C(=O)c1nc(-c2cccs2)n(-c2ccccc2)n1. The van der Waals surface area contributed by atoms with Crippen LogP contribution in [0, 0.1) is 0 Å². The molecule has 0 aliphatic carbocycles. The van der Waals surface area contributed by atoms with E-state index in [9.17, 15) is 9.59 Å². The summed E-state index contributed by atoms with van der Waals surface area (Å²) in [5.74, 6) is 0.132. The minimum atomic E-state index is -0.476. The molecule has 0 saturated carbocycles. The third-order valence-corrected chi connectivity index (χ3v) is 5.80. The van der Waals surface area contributed by atoms with Gasteiger partial charge in [-0.2, -0.15) is 0 Å². The van der Waals surface area contributed by atoms with Crippen molar-refractivity contribution in [3.63, 3.8) is 0 Å². The second kappa shape index (κ2) is 9.85. The van der Waals surface area contributed by atoms with Crippen molar-refractivity contribution in [2.45, 2.75) is 0 Å². The summed E-state index contributed by atoms with van der Waals surface area (Å²) in [6.07, 6.45) is 0. The second-order valence-corrected chi connectivity index (χ2v) is 8.42. The average Bonchev–Trinajstić information content (AvgIpc) is 3.49. The molecule has 0 atom stereocenters. The third-order valence-electron chi connectivity index (χ3n) is 4.70. The van der Waals surface area contributed by atoms with Crippen molar-refractivity contribution in [3.05, 3.63) is 76.9 Å². The molecular formula is C23H20ClN5O3S. The lowest BCUT2D eigenvalue weighted by Crippen LogP contribution is -2.35. The fraction of sp³-hybridized carbons (Fsp3) is 0.130. The van der Waals surface area contributed by atoms with Crippen LogP contribution in [0.3, 0.4) is 0 Å². The second-order valence-electron chi connectivity index (χ2n) is 7.04. The lowest BCUT2D eigenvalue weighted by Gasteiger charge is -2.16. The molecule has 10 heteroatoms. The van der Waals surface area contributed by atoms with E-state index in [2.05, 4.69) is 15.4 Å². The van der Waals surface area contributed by atoms with Crippen LogP contribution in [0.15, 0.2) is 66.0 Å². The number of ether oxygens (including phenoxy) is 1. The van der Waals surface area contributed by atoms with Crippen LogP contribution in [0.5, 0.6) is 5.75 Å². The van der Waals surface area contributed by atoms with Gasteiger partial charge in [0.2, 0.25) is 11.7 Å². The summed E-state index contributed by atoms with van der Waals surface area (Å²) in [4.78, 5) is 32.2. The minimum Gasteiger partial charge on any atom is -0.495 e. The highest BCUT2D eigenvalue weighted by atomic mass is 35.5. The van der Waals surface area contributed by atoms with Crippen LogP contribution in [-0.4, -0.2) is 52.2 Å². The molecule has 2 aromatic carbocycles. The number of para-hydroxylation sites is 1. The molecule has 33 heavy (non-hydrogen) atoms. The van der Waals surface area contributed by atoms with Gasteiger partial charge >= 0.3 is 0 Å². The smallest absolute Gasteiger partial charge is 0.293 e. The maximum absolute atomic E-state index is 13.0. The van der Waals surface area contributed by atoms with Crippen LogP contribution in [0.2, 0.25) is 5.02 Å². The van der Waals surface area contributed by atoms with Gasteiger partial charge in [0.15, 0.2) is 5.82 Å². The highest BCUT2D eigenvalue weighted by Gasteiger charge is 2.23. The average molecular weight is 482 g/mol. The first-order valence-electron chi connectivity index (χ1n) is 9.91. The van der Waals surface area contributed by atoms with Crippen LogP contribution in [0.1, 0.15) is 10.6 Å². The molecule has 4 aromatic rings. The molecule has 168 valence electrons. The molecule has 0 radical (unpaired) electrons. The number of hydrogen-bond acceptors (Lipinski definition) is 6. The highest BCUT2D eigenvalue weighted by molar-refractivity contribution is 7.13. The van der Waals surface area contributed by atoms with E-state index in [1.54, 1.807) is 22.9 Å². The number of anilines is 1. The van der Waals surface area contributed by atoms with E-state index < -0.39 is 11.8 Å². The van der Waals surface area contributed by atoms with Gasteiger partial charge in [-0.1, -0.05) is 35.9 Å². The van der Waals surface area contributed by atoms with Crippen LogP contribution in [0.25, 0.3) is 16.4 Å². The zero-order valence-corrected chi connectivity index (χ0v) is 19.4. The van der Waals surface area contributed by atoms with Crippen molar-refractivity contribution in [3.8, 4) is 22.1 Å². The Morgan fingerprint density at radius 2 is 1.94 bits per heavy atom. The number of carbonyl (C=O) groups excluding carboxylic acids is 2. The molecule has 0 aliphatic rings. The molecule has 2 heterocycles. The summed E-state index contributed by atoms with van der Waals surface area (Å²) in [7, 11) is 3.01. The predicted octanol–water partition coefficient (Wildman–Crippen LogP) is 4.37. The summed E-state index contributed by atoms with van der Waals surface area (Å²) in [5, 5.41) is 9.54. The maximum atomic E-state index is 13.0. The summed E-state index contributed by atoms with van der Waals surface area (Å²) >= 11 is 7.51. The molecule has 0 spiro atoms. The van der Waals surface area contributed by atoms with Crippen molar-refractivity contribution in [2.24, 2.45) is 0 Å². The van der Waals surface area contributed by atoms with E-state index in [0.29, 0.717) is 22.3 Å². The quantitative estimate of drug-likeness (QED) is 0.423. The van der Waals surface area contributed by atoms with Crippen molar-refractivity contribution in [1.29, 1.82) is 0 Å². The number of likely N-dealkylation sites (N-methyl/N-ethyl adjacent to an activating group) is 1. The molecule has 0 fully saturated rings. The Bertz CT molecular complexity index is 1270. The predicted molar refractivity (Wildman–Crippen MR) is 128 cm³/mol. The van der Waals surface area contributed by atoms with E-state index in [0.717, 1.165) is 10.6 Å². The molecule has 0 saturated heterocycles. The van der Waals surface area contributed by atoms with E-state index in [-0.39, 0.29) is 12.4 Å². The van der Waals surface area contributed by atoms with Gasteiger partial charge in [-0.3, -0.25) is 9.59 Å². The molecule has 2 amide bonds. The Labute approximate surface area is 199 Å². The Hall–Kier alpha value is -3.69. The minimum absolute atomic E-state index is 0.00195. The van der Waals surface area contributed by atoms with Gasteiger partial charge in [-0.25, -0.2) is 9.67 Å². The Kier molecular flexibility index (Phi) is 6.71. The summed E-state index contributed by atoms with van der Waals surface area (Å²) in [6.45, 7) is -0.206. The molecule has 0 bridgehead atoms. The number of thiophene rings is 1. The number of amides is 2. The molecule has 8 nitrogen and oxygen atoms in total. The largest absolute Gasteiger partial charge is 0.495 e. The summed E-state index contributed by atoms with van der Waals surface area (Å²) in [6, 6.07) is 18.2. The number of carbonyl (C=O) groups is 2. The summed E-state index contributed by atoms with van der Waals surface area (Å²) in [5.41, 5.74) is 1.20. The van der Waals surface area contributed by atoms with Gasteiger partial charge in [0.25, 0.3) is 5.91 Å². The number of benzene rings is 2. The normalized spacial score (nSPS) is 10.6. The van der Waals surface area contributed by atoms with Gasteiger partial charge in [-0.15, -0.1) is 16.4 Å². The topological polar surface area (TPSA) is 89.4 Å². The fourth-order valence-corrected chi connectivity index (χ4v) is 4.01. The van der Waals surface area contributed by atoms with E-state index in [1.807, 2.05) is 47.8 Å². The van der Waals surface area contributed by atoms with Crippen LogP contribution in [-0.2, 0) is 4.79 Å². The number of rotatable bonds is 7. The van der Waals surface area contributed by atoms with E-state index in [1.165, 1.54) is 30.4 Å². The van der Waals surface area contributed by atoms with Gasteiger partial charge in [0.1, 0.15) is 5.75 Å². The maximum Gasteiger partial charge on any atom is 0.293 e. The molecule has 0 aliphatic heterocycles. The van der Waals surface area contributed by atoms with Crippen molar-refractivity contribution < 1.29 is 14.3 Å². The first kappa shape index (κ1) is 22.5. The Morgan fingerprint density at radius 3 is 2.64 bits per heavy atom. The van der Waals surface area contributed by atoms with Gasteiger partial charge in [0, 0.05) is 12.1 Å². The number of aromatic nitrogens is 3. The van der Waals surface area contributed by atoms with Crippen LogP contribution in [0.4, 0.5) is 5.69 Å².